The molecule has 2 atom stereocenters. The molecule has 2 N–H and O–H groups in total. The summed E-state index contributed by atoms with van der Waals surface area (Å²) in [6.45, 7) is 7.01. The Morgan fingerprint density at radius 3 is 2.37 bits per heavy atom. The first kappa shape index (κ1) is 16.8. The molecule has 1 fully saturated rings. The van der Waals surface area contributed by atoms with Crippen LogP contribution in [0, 0.1) is 5.92 Å². The average Bonchev–Trinajstić information content (AvgIpc) is 3.09. The molecule has 0 aliphatic heterocycles. The van der Waals surface area contributed by atoms with Gasteiger partial charge in [0.2, 0.25) is 0 Å². The van der Waals surface area contributed by atoms with Gasteiger partial charge in [-0.1, -0.05) is 57.6 Å². The summed E-state index contributed by atoms with van der Waals surface area (Å²) >= 11 is 0. The lowest BCUT2D eigenvalue weighted by atomic mass is 9.84. The summed E-state index contributed by atoms with van der Waals surface area (Å²) in [6.07, 6.45) is 11.2. The maximum absolute atomic E-state index is 5.80. The minimum atomic E-state index is -0.0659. The predicted molar refractivity (Wildman–Crippen MR) is 85.2 cm³/mol. The molecule has 2 nitrogen and oxygen atoms in total. The smallest absolute Gasteiger partial charge is 0.178 e. The Bertz CT molecular complexity index is 271. The molecule has 0 aromatic rings. The van der Waals surface area contributed by atoms with E-state index >= 15 is 0 Å². The number of hydrogen-bond donors (Lipinski definition) is 2. The fraction of sp³-hybridized carbons (Fsp3) is 0.867. The number of rotatable bonds is 12. The van der Waals surface area contributed by atoms with Crippen LogP contribution in [0.5, 0.6) is 0 Å². The molecule has 1 rings (SSSR count). The summed E-state index contributed by atoms with van der Waals surface area (Å²) in [7, 11) is 11.3. The zero-order valence-electron chi connectivity index (χ0n) is 12.5. The van der Waals surface area contributed by atoms with Crippen molar-refractivity contribution in [2.75, 3.05) is 6.54 Å². The highest BCUT2D eigenvalue weighted by molar-refractivity contribution is 6.05. The van der Waals surface area contributed by atoms with Crippen LogP contribution < -0.4 is 10.5 Å². The van der Waals surface area contributed by atoms with Gasteiger partial charge in [0.1, 0.15) is 0 Å². The van der Waals surface area contributed by atoms with Crippen LogP contribution in [0.15, 0.2) is 12.2 Å². The van der Waals surface area contributed by atoms with Gasteiger partial charge in [0.15, 0.2) is 16.0 Å². The van der Waals surface area contributed by atoms with Gasteiger partial charge in [-0.3, -0.25) is 0 Å². The molecule has 0 amide bonds. The van der Waals surface area contributed by atoms with Crippen LogP contribution in [0.25, 0.3) is 0 Å². The Kier molecular flexibility index (Phi) is 7.86. The molecule has 1 saturated carbocycles. The summed E-state index contributed by atoms with van der Waals surface area (Å²) in [4.78, 5) is 0. The molecule has 0 heterocycles. The van der Waals surface area contributed by atoms with Crippen LogP contribution in [0.2, 0.25) is 0 Å². The van der Waals surface area contributed by atoms with E-state index in [0.29, 0.717) is 5.92 Å². The van der Waals surface area contributed by atoms with Gasteiger partial charge in [0, 0.05) is 12.1 Å². The Morgan fingerprint density at radius 2 is 1.84 bits per heavy atom. The molecule has 19 heavy (non-hydrogen) atoms. The van der Waals surface area contributed by atoms with Crippen molar-refractivity contribution in [2.24, 2.45) is 5.92 Å². The van der Waals surface area contributed by atoms with E-state index in [2.05, 4.69) is 24.0 Å². The van der Waals surface area contributed by atoms with Crippen molar-refractivity contribution in [2.45, 2.75) is 70.3 Å². The van der Waals surface area contributed by atoms with E-state index in [1.165, 1.54) is 44.1 Å². The Morgan fingerprint density at radius 1 is 1.21 bits per heavy atom. The molecule has 104 valence electrons. The predicted octanol–water partition coefficient (Wildman–Crippen LogP) is 2.79. The highest BCUT2D eigenvalue weighted by Crippen LogP contribution is 2.42. The third-order valence-electron chi connectivity index (χ3n) is 4.32. The molecule has 1 aliphatic rings. The van der Waals surface area contributed by atoms with Crippen molar-refractivity contribution in [1.82, 2.24) is 10.5 Å². The second kappa shape index (κ2) is 8.86. The molecule has 2 unspecified atom stereocenters. The molecule has 0 saturated heterocycles. The zero-order valence-corrected chi connectivity index (χ0v) is 12.5. The van der Waals surface area contributed by atoms with Gasteiger partial charge in [-0.25, -0.2) is 0 Å². The van der Waals surface area contributed by atoms with Gasteiger partial charge in [-0.2, -0.15) is 0 Å². The summed E-state index contributed by atoms with van der Waals surface area (Å²) in [5, 5.41) is 5.82. The fourth-order valence-electron chi connectivity index (χ4n) is 2.83. The number of hydrogen-bond acceptors (Lipinski definition) is 2. The van der Waals surface area contributed by atoms with Crippen molar-refractivity contribution in [3.05, 3.63) is 12.2 Å². The van der Waals surface area contributed by atoms with Crippen molar-refractivity contribution in [1.29, 1.82) is 0 Å². The van der Waals surface area contributed by atoms with Crippen LogP contribution >= 0.6 is 0 Å². The van der Waals surface area contributed by atoms with Crippen molar-refractivity contribution >= 4 is 16.0 Å². The lowest BCUT2D eigenvalue weighted by Gasteiger charge is -2.35. The SMILES string of the molecule is [B]NCC(CCCCCCCC)(CC1CC1=C)N[B]. The van der Waals surface area contributed by atoms with E-state index in [9.17, 15) is 0 Å². The number of allylic oxidation sites excluding steroid dienone is 1. The second-order valence-corrected chi connectivity index (χ2v) is 6.09. The molecular formula is C15H28B2N2. The summed E-state index contributed by atoms with van der Waals surface area (Å²) in [5.74, 6) is 0.643. The Hall–Kier alpha value is -0.210. The molecule has 4 heteroatoms. The monoisotopic (exact) mass is 258 g/mol. The normalized spacial score (nSPS) is 21.3. The average molecular weight is 258 g/mol. The quantitative estimate of drug-likeness (QED) is 0.319. The second-order valence-electron chi connectivity index (χ2n) is 6.09. The lowest BCUT2D eigenvalue weighted by Crippen LogP contribution is -2.51. The van der Waals surface area contributed by atoms with Crippen molar-refractivity contribution < 1.29 is 0 Å². The van der Waals surface area contributed by atoms with Crippen molar-refractivity contribution in [3.63, 3.8) is 0 Å². The summed E-state index contributed by atoms with van der Waals surface area (Å²) in [6, 6.07) is 0. The van der Waals surface area contributed by atoms with E-state index in [1.54, 1.807) is 0 Å². The van der Waals surface area contributed by atoms with Crippen LogP contribution in [0.1, 0.15) is 64.7 Å². The van der Waals surface area contributed by atoms with Gasteiger partial charge in [0.05, 0.1) is 0 Å². The van der Waals surface area contributed by atoms with E-state index in [4.69, 9.17) is 16.0 Å². The maximum atomic E-state index is 5.80. The highest BCUT2D eigenvalue weighted by atomic mass is 14.9. The fourth-order valence-corrected chi connectivity index (χ4v) is 2.83. The molecule has 0 aromatic heterocycles. The molecule has 1 aliphatic carbocycles. The number of unbranched alkanes of at least 4 members (excludes halogenated alkanes) is 5. The van der Waals surface area contributed by atoms with E-state index in [0.717, 1.165) is 25.8 Å². The third kappa shape index (κ3) is 6.18. The third-order valence-corrected chi connectivity index (χ3v) is 4.32. The topological polar surface area (TPSA) is 24.1 Å². The van der Waals surface area contributed by atoms with Crippen molar-refractivity contribution in [3.8, 4) is 0 Å². The largest absolute Gasteiger partial charge is 0.365 e. The van der Waals surface area contributed by atoms with E-state index in [1.807, 2.05) is 0 Å². The molecule has 4 radical (unpaired) electrons. The minimum absolute atomic E-state index is 0.0659. The number of nitrogens with one attached hydrogen (secondary N) is 2. The summed E-state index contributed by atoms with van der Waals surface area (Å²) in [5.41, 5.74) is 1.29. The zero-order chi connectivity index (χ0) is 14.1. The van der Waals surface area contributed by atoms with Crippen LogP contribution in [-0.2, 0) is 0 Å². The molecule has 0 spiro atoms. The maximum Gasteiger partial charge on any atom is 0.178 e. The first-order chi connectivity index (χ1) is 9.17. The standard InChI is InChI=1S/C15H28B2N2/c1-3-4-5-6-7-8-9-15(19-17,12-18-16)11-14-10-13(14)2/h14,18-19H,2-12H2,1H3. The molecular weight excluding hydrogens is 230 g/mol. The molecule has 0 bridgehead atoms. The minimum Gasteiger partial charge on any atom is -0.365 e. The first-order valence-electron chi connectivity index (χ1n) is 7.76. The Balaban J connectivity index is 2.29. The highest BCUT2D eigenvalue weighted by Gasteiger charge is 2.37. The molecule has 0 aromatic carbocycles. The summed E-state index contributed by atoms with van der Waals surface area (Å²) < 4.78 is 0. The van der Waals surface area contributed by atoms with Crippen LogP contribution in [0.4, 0.5) is 0 Å². The van der Waals surface area contributed by atoms with Gasteiger partial charge in [0.25, 0.3) is 0 Å². The Labute approximate surface area is 122 Å². The lowest BCUT2D eigenvalue weighted by molar-refractivity contribution is 0.309. The first-order valence-corrected chi connectivity index (χ1v) is 7.76. The van der Waals surface area contributed by atoms with Crippen LogP contribution in [0.3, 0.4) is 0 Å². The van der Waals surface area contributed by atoms with Crippen LogP contribution in [-0.4, -0.2) is 28.0 Å². The van der Waals surface area contributed by atoms with Gasteiger partial charge >= 0.3 is 0 Å². The van der Waals surface area contributed by atoms with Gasteiger partial charge in [-0.05, 0) is 25.2 Å². The van der Waals surface area contributed by atoms with Gasteiger partial charge < -0.3 is 10.5 Å². The van der Waals surface area contributed by atoms with Gasteiger partial charge in [-0.15, -0.1) is 0 Å². The van der Waals surface area contributed by atoms with E-state index < -0.39 is 0 Å². The van der Waals surface area contributed by atoms with E-state index in [-0.39, 0.29) is 5.54 Å².